The van der Waals surface area contributed by atoms with Crippen molar-refractivity contribution >= 4 is 0 Å². The molecular weight excluding hydrogens is 229 g/mol. The lowest BCUT2D eigenvalue weighted by atomic mass is 9.92. The molecule has 1 aliphatic carbocycles. The van der Waals surface area contributed by atoms with Crippen LogP contribution in [0.15, 0.2) is 18.2 Å². The minimum atomic E-state index is -0.285. The molecule has 0 radical (unpaired) electrons. The molecule has 18 heavy (non-hydrogen) atoms. The van der Waals surface area contributed by atoms with Crippen molar-refractivity contribution in [2.75, 3.05) is 7.05 Å². The highest BCUT2D eigenvalue weighted by atomic mass is 19.1. The van der Waals surface area contributed by atoms with E-state index in [1.807, 2.05) is 6.92 Å². The molecule has 1 aromatic carbocycles. The van der Waals surface area contributed by atoms with Crippen molar-refractivity contribution in [2.24, 2.45) is 0 Å². The number of hydrogen-bond acceptors (Lipinski definition) is 2. The molecule has 2 rings (SSSR count). The van der Waals surface area contributed by atoms with Gasteiger partial charge in [0.2, 0.25) is 0 Å². The van der Waals surface area contributed by atoms with Crippen molar-refractivity contribution in [3.63, 3.8) is 0 Å². The third-order valence-electron chi connectivity index (χ3n) is 4.20. The fourth-order valence-electron chi connectivity index (χ4n) is 2.88. The van der Waals surface area contributed by atoms with Gasteiger partial charge in [-0.05, 0) is 45.0 Å². The van der Waals surface area contributed by atoms with Gasteiger partial charge in [0, 0.05) is 17.6 Å². The van der Waals surface area contributed by atoms with E-state index >= 15 is 0 Å². The first kappa shape index (κ1) is 13.3. The Hall–Kier alpha value is -1.09. The number of nitrogens with zero attached hydrogens (tertiary/aromatic N) is 1. The summed E-state index contributed by atoms with van der Waals surface area (Å²) < 4.78 is 13.3. The van der Waals surface area contributed by atoms with Crippen LogP contribution in [0.4, 0.5) is 4.39 Å². The molecule has 100 valence electrons. The zero-order valence-electron chi connectivity index (χ0n) is 11.2. The van der Waals surface area contributed by atoms with Gasteiger partial charge in [-0.25, -0.2) is 4.39 Å². The normalized spacial score (nSPS) is 19.1. The van der Waals surface area contributed by atoms with Crippen molar-refractivity contribution in [3.05, 3.63) is 29.6 Å². The van der Waals surface area contributed by atoms with Gasteiger partial charge in [0.05, 0.1) is 0 Å². The number of phenolic OH excluding ortho intramolecular Hbond substituents is 1. The van der Waals surface area contributed by atoms with Gasteiger partial charge >= 0.3 is 0 Å². The summed E-state index contributed by atoms with van der Waals surface area (Å²) in [6, 6.07) is 4.78. The molecule has 1 fully saturated rings. The zero-order valence-corrected chi connectivity index (χ0v) is 11.2. The molecule has 1 aromatic rings. The molecule has 0 spiro atoms. The smallest absolute Gasteiger partial charge is 0.123 e. The molecule has 1 saturated carbocycles. The van der Waals surface area contributed by atoms with E-state index in [2.05, 4.69) is 11.9 Å². The number of aromatic hydroxyl groups is 1. The van der Waals surface area contributed by atoms with Gasteiger partial charge in [0.1, 0.15) is 11.6 Å². The predicted octanol–water partition coefficient (Wildman–Crippen LogP) is 3.86. The Morgan fingerprint density at radius 3 is 2.61 bits per heavy atom. The average molecular weight is 251 g/mol. The van der Waals surface area contributed by atoms with E-state index in [4.69, 9.17) is 0 Å². The molecule has 0 aliphatic heterocycles. The summed E-state index contributed by atoms with van der Waals surface area (Å²) in [5.74, 6) is -0.0988. The second-order valence-electron chi connectivity index (χ2n) is 5.34. The third kappa shape index (κ3) is 2.83. The van der Waals surface area contributed by atoms with Crippen molar-refractivity contribution in [1.82, 2.24) is 4.90 Å². The second kappa shape index (κ2) is 5.70. The number of phenols is 1. The first-order valence-electron chi connectivity index (χ1n) is 6.80. The van der Waals surface area contributed by atoms with Crippen molar-refractivity contribution in [3.8, 4) is 5.75 Å². The van der Waals surface area contributed by atoms with Gasteiger partial charge in [0.25, 0.3) is 0 Å². The SMILES string of the molecule is CC(c1cc(F)ccc1O)N(C)C1CCCCC1. The Balaban J connectivity index is 2.13. The van der Waals surface area contributed by atoms with Gasteiger partial charge < -0.3 is 5.11 Å². The Labute approximate surface area is 108 Å². The van der Waals surface area contributed by atoms with Crippen LogP contribution in [0.3, 0.4) is 0 Å². The number of benzene rings is 1. The lowest BCUT2D eigenvalue weighted by molar-refractivity contribution is 0.144. The van der Waals surface area contributed by atoms with Crippen LogP contribution in [0.25, 0.3) is 0 Å². The van der Waals surface area contributed by atoms with Crippen molar-refractivity contribution in [1.29, 1.82) is 0 Å². The van der Waals surface area contributed by atoms with Crippen LogP contribution in [0.1, 0.15) is 50.6 Å². The van der Waals surface area contributed by atoms with E-state index in [9.17, 15) is 9.50 Å². The summed E-state index contributed by atoms with van der Waals surface area (Å²) in [6.07, 6.45) is 6.28. The van der Waals surface area contributed by atoms with E-state index in [0.717, 1.165) is 0 Å². The van der Waals surface area contributed by atoms with E-state index in [1.165, 1.54) is 50.3 Å². The topological polar surface area (TPSA) is 23.5 Å². The molecule has 0 amide bonds. The number of hydrogen-bond donors (Lipinski definition) is 1. The monoisotopic (exact) mass is 251 g/mol. The largest absolute Gasteiger partial charge is 0.508 e. The predicted molar refractivity (Wildman–Crippen MR) is 71.1 cm³/mol. The molecular formula is C15H22FNO. The molecule has 0 bridgehead atoms. The lowest BCUT2D eigenvalue weighted by Crippen LogP contribution is -2.35. The van der Waals surface area contributed by atoms with Gasteiger partial charge in [-0.1, -0.05) is 19.3 Å². The standard InChI is InChI=1S/C15H22FNO/c1-11(14-10-12(16)8-9-15(14)18)17(2)13-6-4-3-5-7-13/h8-11,13,18H,3-7H2,1-2H3. The van der Waals surface area contributed by atoms with Crippen LogP contribution in [0, 0.1) is 5.82 Å². The molecule has 2 nitrogen and oxygen atoms in total. The highest BCUT2D eigenvalue weighted by molar-refractivity contribution is 5.35. The fraction of sp³-hybridized carbons (Fsp3) is 0.600. The highest BCUT2D eigenvalue weighted by Gasteiger charge is 2.24. The summed E-state index contributed by atoms with van der Waals surface area (Å²) in [5, 5.41) is 9.86. The van der Waals surface area contributed by atoms with E-state index < -0.39 is 0 Å². The summed E-state index contributed by atoms with van der Waals surface area (Å²) in [4.78, 5) is 2.27. The minimum absolute atomic E-state index is 0.0452. The van der Waals surface area contributed by atoms with E-state index in [-0.39, 0.29) is 17.6 Å². The van der Waals surface area contributed by atoms with Gasteiger partial charge in [-0.3, -0.25) is 4.90 Å². The summed E-state index contributed by atoms with van der Waals surface area (Å²) in [5.41, 5.74) is 0.683. The zero-order chi connectivity index (χ0) is 13.1. The maximum absolute atomic E-state index is 13.3. The Morgan fingerprint density at radius 1 is 1.28 bits per heavy atom. The van der Waals surface area contributed by atoms with Crippen LogP contribution in [0.5, 0.6) is 5.75 Å². The van der Waals surface area contributed by atoms with E-state index in [0.29, 0.717) is 11.6 Å². The Kier molecular flexibility index (Phi) is 4.23. The maximum Gasteiger partial charge on any atom is 0.123 e. The quantitative estimate of drug-likeness (QED) is 0.881. The van der Waals surface area contributed by atoms with Gasteiger partial charge in [0.15, 0.2) is 0 Å². The first-order valence-corrected chi connectivity index (χ1v) is 6.80. The van der Waals surface area contributed by atoms with Crippen LogP contribution < -0.4 is 0 Å². The molecule has 1 atom stereocenters. The lowest BCUT2D eigenvalue weighted by Gasteiger charge is -2.36. The minimum Gasteiger partial charge on any atom is -0.508 e. The number of rotatable bonds is 3. The van der Waals surface area contributed by atoms with Crippen LogP contribution in [0.2, 0.25) is 0 Å². The van der Waals surface area contributed by atoms with E-state index in [1.54, 1.807) is 0 Å². The molecule has 1 N–H and O–H groups in total. The van der Waals surface area contributed by atoms with Crippen molar-refractivity contribution in [2.45, 2.75) is 51.1 Å². The fourth-order valence-corrected chi connectivity index (χ4v) is 2.88. The molecule has 1 aliphatic rings. The first-order chi connectivity index (χ1) is 8.59. The molecule has 0 aromatic heterocycles. The van der Waals surface area contributed by atoms with Crippen LogP contribution >= 0.6 is 0 Å². The van der Waals surface area contributed by atoms with Gasteiger partial charge in [-0.15, -0.1) is 0 Å². The Morgan fingerprint density at radius 2 is 1.94 bits per heavy atom. The molecule has 0 heterocycles. The highest BCUT2D eigenvalue weighted by Crippen LogP contribution is 2.32. The Bertz CT molecular complexity index is 401. The summed E-state index contributed by atoms with van der Waals surface area (Å²) in [7, 11) is 2.07. The third-order valence-corrected chi connectivity index (χ3v) is 4.20. The van der Waals surface area contributed by atoms with Crippen LogP contribution in [-0.2, 0) is 0 Å². The second-order valence-corrected chi connectivity index (χ2v) is 5.34. The maximum atomic E-state index is 13.3. The average Bonchev–Trinajstić information content (AvgIpc) is 2.41. The summed E-state index contributed by atoms with van der Waals surface area (Å²) >= 11 is 0. The van der Waals surface area contributed by atoms with Crippen molar-refractivity contribution < 1.29 is 9.50 Å². The van der Waals surface area contributed by atoms with Crippen LogP contribution in [-0.4, -0.2) is 23.1 Å². The number of halogens is 1. The summed E-state index contributed by atoms with van der Waals surface area (Å²) in [6.45, 7) is 2.03. The van der Waals surface area contributed by atoms with Gasteiger partial charge in [-0.2, -0.15) is 0 Å². The molecule has 3 heteroatoms. The molecule has 0 saturated heterocycles. The molecule has 1 unspecified atom stereocenters.